The lowest BCUT2D eigenvalue weighted by atomic mass is 10.0. The Morgan fingerprint density at radius 3 is 2.42 bits per heavy atom. The Hall–Kier alpha value is -4.20. The minimum absolute atomic E-state index is 0.431. The largest absolute Gasteiger partial charge is 0.468 e. The topological polar surface area (TPSA) is 77.5 Å². The van der Waals surface area contributed by atoms with Gasteiger partial charge in [-0.1, -0.05) is 56.0 Å². The van der Waals surface area contributed by atoms with Crippen LogP contribution in [0.15, 0.2) is 67.1 Å². The molecule has 0 spiro atoms. The van der Waals surface area contributed by atoms with E-state index in [0.29, 0.717) is 13.1 Å². The quantitative estimate of drug-likeness (QED) is 0.261. The second kappa shape index (κ2) is 12.9. The van der Waals surface area contributed by atoms with Crippen molar-refractivity contribution in [3.63, 3.8) is 0 Å². The summed E-state index contributed by atoms with van der Waals surface area (Å²) in [6.45, 7) is 5.50. The SMILES string of the molecule is C1CCC1.CCOC=O.Cc1cnn2c(N(C)Cc3ccccc3)cc(-c3cn(C)c4ncccc34)nc12. The van der Waals surface area contributed by atoms with Crippen LogP contribution in [0.1, 0.15) is 43.7 Å². The molecular formula is C30H36N6O2. The zero-order chi connectivity index (χ0) is 26.9. The molecule has 4 aromatic heterocycles. The van der Waals surface area contributed by atoms with Gasteiger partial charge in [-0.3, -0.25) is 4.79 Å². The van der Waals surface area contributed by atoms with Crippen molar-refractivity contribution >= 4 is 29.0 Å². The number of aryl methyl sites for hydroxylation is 2. The lowest BCUT2D eigenvalue weighted by molar-refractivity contribution is -0.128. The fourth-order valence-electron chi connectivity index (χ4n) is 4.14. The third-order valence-corrected chi connectivity index (χ3v) is 6.53. The second-order valence-corrected chi connectivity index (χ2v) is 9.40. The van der Waals surface area contributed by atoms with E-state index in [2.05, 4.69) is 69.4 Å². The van der Waals surface area contributed by atoms with E-state index < -0.39 is 0 Å². The molecular weight excluding hydrogens is 476 g/mol. The zero-order valence-electron chi connectivity index (χ0n) is 22.7. The van der Waals surface area contributed by atoms with Gasteiger partial charge in [-0.15, -0.1) is 0 Å². The van der Waals surface area contributed by atoms with Gasteiger partial charge in [0.2, 0.25) is 0 Å². The molecule has 1 aliphatic rings. The summed E-state index contributed by atoms with van der Waals surface area (Å²) in [5, 5.41) is 5.68. The normalized spacial score (nSPS) is 12.1. The summed E-state index contributed by atoms with van der Waals surface area (Å²) in [4.78, 5) is 20.9. The first-order valence-electron chi connectivity index (χ1n) is 13.1. The second-order valence-electron chi connectivity index (χ2n) is 9.40. The molecule has 0 saturated heterocycles. The fourth-order valence-corrected chi connectivity index (χ4v) is 4.14. The number of anilines is 1. The molecule has 38 heavy (non-hydrogen) atoms. The monoisotopic (exact) mass is 512 g/mol. The molecule has 198 valence electrons. The number of hydrogen-bond donors (Lipinski definition) is 0. The highest BCUT2D eigenvalue weighted by Gasteiger charge is 2.17. The highest BCUT2D eigenvalue weighted by Crippen LogP contribution is 2.31. The third-order valence-electron chi connectivity index (χ3n) is 6.53. The van der Waals surface area contributed by atoms with Crippen LogP contribution in [0.2, 0.25) is 0 Å². The van der Waals surface area contributed by atoms with Crippen molar-refractivity contribution in [1.82, 2.24) is 24.1 Å². The van der Waals surface area contributed by atoms with E-state index in [4.69, 9.17) is 4.98 Å². The molecule has 6 rings (SSSR count). The molecule has 0 aliphatic heterocycles. The van der Waals surface area contributed by atoms with Gasteiger partial charge >= 0.3 is 0 Å². The van der Waals surface area contributed by atoms with Crippen molar-refractivity contribution in [3.8, 4) is 11.3 Å². The van der Waals surface area contributed by atoms with Gasteiger partial charge in [-0.2, -0.15) is 9.61 Å². The zero-order valence-corrected chi connectivity index (χ0v) is 22.7. The van der Waals surface area contributed by atoms with Crippen LogP contribution in [-0.2, 0) is 23.1 Å². The number of pyridine rings is 1. The number of ether oxygens (including phenoxy) is 1. The van der Waals surface area contributed by atoms with E-state index in [1.54, 1.807) is 6.92 Å². The van der Waals surface area contributed by atoms with Crippen molar-refractivity contribution in [2.75, 3.05) is 18.6 Å². The van der Waals surface area contributed by atoms with Crippen LogP contribution in [0.3, 0.4) is 0 Å². The van der Waals surface area contributed by atoms with Gasteiger partial charge in [-0.25, -0.2) is 9.97 Å². The molecule has 0 N–H and O–H groups in total. The summed E-state index contributed by atoms with van der Waals surface area (Å²) >= 11 is 0. The van der Waals surface area contributed by atoms with Crippen LogP contribution >= 0.6 is 0 Å². The van der Waals surface area contributed by atoms with E-state index >= 15 is 0 Å². The average molecular weight is 513 g/mol. The average Bonchev–Trinajstić information content (AvgIpc) is 3.44. The maximum absolute atomic E-state index is 9.18. The molecule has 8 heteroatoms. The first-order valence-corrected chi connectivity index (χ1v) is 13.1. The Kier molecular flexibility index (Phi) is 9.08. The molecule has 1 aromatic carbocycles. The first-order chi connectivity index (χ1) is 18.5. The number of rotatable bonds is 6. The maximum atomic E-state index is 9.18. The molecule has 0 unspecified atom stereocenters. The smallest absolute Gasteiger partial charge is 0.293 e. The summed E-state index contributed by atoms with van der Waals surface area (Å²) in [5.74, 6) is 1.00. The van der Waals surface area contributed by atoms with E-state index in [1.807, 2.05) is 47.6 Å². The van der Waals surface area contributed by atoms with E-state index in [0.717, 1.165) is 45.9 Å². The third kappa shape index (κ3) is 6.19. The highest BCUT2D eigenvalue weighted by atomic mass is 16.5. The minimum Gasteiger partial charge on any atom is -0.468 e. The predicted molar refractivity (Wildman–Crippen MR) is 152 cm³/mol. The Morgan fingerprint density at radius 1 is 1.05 bits per heavy atom. The summed E-state index contributed by atoms with van der Waals surface area (Å²) in [6.07, 6.45) is 11.8. The number of fused-ring (bicyclic) bond motifs is 2. The molecule has 1 fully saturated rings. The van der Waals surface area contributed by atoms with E-state index in [-0.39, 0.29) is 0 Å². The van der Waals surface area contributed by atoms with Gasteiger partial charge in [0.15, 0.2) is 5.65 Å². The van der Waals surface area contributed by atoms with Crippen LogP contribution < -0.4 is 4.90 Å². The number of carbonyl (C=O) groups is 1. The van der Waals surface area contributed by atoms with Crippen LogP contribution in [0.25, 0.3) is 27.9 Å². The fraction of sp³-hybridized carbons (Fsp3) is 0.333. The Bertz CT molecular complexity index is 1470. The number of benzene rings is 1. The molecule has 0 amide bonds. The van der Waals surface area contributed by atoms with Gasteiger partial charge in [0.25, 0.3) is 6.47 Å². The van der Waals surface area contributed by atoms with E-state index in [1.165, 1.54) is 31.2 Å². The van der Waals surface area contributed by atoms with Crippen molar-refractivity contribution in [2.24, 2.45) is 7.05 Å². The molecule has 0 bridgehead atoms. The van der Waals surface area contributed by atoms with Crippen LogP contribution in [0, 0.1) is 6.92 Å². The standard InChI is InChI=1S/C23H22N6.C4H8.C3H6O2/c1-16-13-25-29-21(27(2)14-17-8-5-4-6-9-17)12-20(26-22(16)29)19-15-28(3)23-18(19)10-7-11-24-23;1-2-4-3-1;1-2-5-3-4/h4-13,15H,14H2,1-3H3;1-4H2;3H,2H2,1H3. The minimum atomic E-state index is 0.431. The summed E-state index contributed by atoms with van der Waals surface area (Å²) in [5.41, 5.74) is 6.13. The van der Waals surface area contributed by atoms with Crippen molar-refractivity contribution in [1.29, 1.82) is 0 Å². The van der Waals surface area contributed by atoms with Crippen LogP contribution in [0.5, 0.6) is 0 Å². The van der Waals surface area contributed by atoms with Gasteiger partial charge in [0.1, 0.15) is 11.5 Å². The highest BCUT2D eigenvalue weighted by molar-refractivity contribution is 5.93. The van der Waals surface area contributed by atoms with Crippen LogP contribution in [0.4, 0.5) is 5.82 Å². The first kappa shape index (κ1) is 26.9. The van der Waals surface area contributed by atoms with Crippen LogP contribution in [-0.4, -0.2) is 44.3 Å². The predicted octanol–water partition coefficient (Wildman–Crippen LogP) is 5.97. The van der Waals surface area contributed by atoms with Gasteiger partial charge < -0.3 is 14.2 Å². The number of aromatic nitrogens is 5. The lowest BCUT2D eigenvalue weighted by Crippen LogP contribution is -2.20. The van der Waals surface area contributed by atoms with Crippen molar-refractivity contribution < 1.29 is 9.53 Å². The maximum Gasteiger partial charge on any atom is 0.293 e. The van der Waals surface area contributed by atoms with E-state index in [9.17, 15) is 4.79 Å². The molecule has 1 saturated carbocycles. The summed E-state index contributed by atoms with van der Waals surface area (Å²) in [6, 6.07) is 16.6. The van der Waals surface area contributed by atoms with Gasteiger partial charge in [0, 0.05) is 55.6 Å². The summed E-state index contributed by atoms with van der Waals surface area (Å²) < 4.78 is 8.12. The van der Waals surface area contributed by atoms with Crippen molar-refractivity contribution in [2.45, 2.75) is 46.1 Å². The molecule has 0 radical (unpaired) electrons. The van der Waals surface area contributed by atoms with Crippen molar-refractivity contribution in [3.05, 3.63) is 78.2 Å². The number of carbonyl (C=O) groups excluding carboxylic acids is 1. The Labute approximate surface area is 223 Å². The molecule has 1 aliphatic carbocycles. The van der Waals surface area contributed by atoms with Gasteiger partial charge in [-0.05, 0) is 31.5 Å². The van der Waals surface area contributed by atoms with Gasteiger partial charge in [0.05, 0.1) is 18.5 Å². The Morgan fingerprint density at radius 2 is 1.79 bits per heavy atom. The molecule has 5 aromatic rings. The lowest BCUT2D eigenvalue weighted by Gasteiger charge is -2.21. The molecule has 8 nitrogen and oxygen atoms in total. The Balaban J connectivity index is 0.000000320. The summed E-state index contributed by atoms with van der Waals surface area (Å²) in [7, 11) is 4.11. The number of hydrogen-bond acceptors (Lipinski definition) is 6. The number of nitrogens with zero attached hydrogens (tertiary/aromatic N) is 6. The molecule has 0 atom stereocenters. The molecule has 4 heterocycles.